The van der Waals surface area contributed by atoms with Gasteiger partial charge >= 0.3 is 0 Å². The summed E-state index contributed by atoms with van der Waals surface area (Å²) in [5, 5.41) is 4.94. The number of aromatic nitrogens is 3. The van der Waals surface area contributed by atoms with E-state index < -0.39 is 9.84 Å². The van der Waals surface area contributed by atoms with E-state index in [0.29, 0.717) is 15.7 Å². The molecule has 0 aliphatic carbocycles. The Hall–Kier alpha value is -1.77. The van der Waals surface area contributed by atoms with Crippen LogP contribution in [0.2, 0.25) is 5.02 Å². The summed E-state index contributed by atoms with van der Waals surface area (Å²) in [6.07, 6.45) is 4.68. The van der Waals surface area contributed by atoms with E-state index in [4.69, 9.17) is 17.3 Å². The van der Waals surface area contributed by atoms with E-state index in [0.717, 1.165) is 0 Å². The van der Waals surface area contributed by atoms with Crippen LogP contribution in [-0.4, -0.2) is 29.3 Å². The highest BCUT2D eigenvalue weighted by Gasteiger charge is 2.28. The van der Waals surface area contributed by atoms with Crippen molar-refractivity contribution in [2.24, 2.45) is 0 Å². The second-order valence-corrected chi connectivity index (χ2v) is 7.57. The number of nitrogen functional groups attached to an aromatic ring is 1. The molecule has 3 rings (SSSR count). The van der Waals surface area contributed by atoms with Crippen molar-refractivity contribution in [1.82, 2.24) is 14.6 Å². The van der Waals surface area contributed by atoms with Gasteiger partial charge in [0.05, 0.1) is 23.0 Å². The molecular formula is C13H11ClN4O2S2. The molecular weight excluding hydrogens is 344 g/mol. The van der Waals surface area contributed by atoms with Gasteiger partial charge in [-0.15, -0.1) is 11.8 Å². The minimum absolute atomic E-state index is 0.0577. The summed E-state index contributed by atoms with van der Waals surface area (Å²) in [6, 6.07) is 6.10. The normalized spacial score (nSPS) is 11.9. The maximum atomic E-state index is 12.9. The summed E-state index contributed by atoms with van der Waals surface area (Å²) in [6.45, 7) is 0. The molecule has 0 saturated heterocycles. The molecule has 0 atom stereocenters. The molecule has 6 nitrogen and oxygen atoms in total. The Bertz CT molecular complexity index is 969. The molecule has 0 amide bonds. The maximum Gasteiger partial charge on any atom is 0.213 e. The smallest absolute Gasteiger partial charge is 0.213 e. The van der Waals surface area contributed by atoms with E-state index in [1.165, 1.54) is 40.8 Å². The largest absolute Gasteiger partial charge is 0.396 e. The monoisotopic (exact) mass is 354 g/mol. The summed E-state index contributed by atoms with van der Waals surface area (Å²) in [7, 11) is -3.79. The number of thioether (sulfide) groups is 1. The van der Waals surface area contributed by atoms with Crippen molar-refractivity contribution in [1.29, 1.82) is 0 Å². The first kappa shape index (κ1) is 15.1. The zero-order chi connectivity index (χ0) is 15.9. The number of fused-ring (bicyclic) bond motifs is 1. The van der Waals surface area contributed by atoms with Gasteiger partial charge in [0.1, 0.15) is 5.03 Å². The zero-order valence-corrected chi connectivity index (χ0v) is 13.8. The molecule has 2 aromatic heterocycles. The number of benzene rings is 1. The van der Waals surface area contributed by atoms with Gasteiger partial charge in [-0.05, 0) is 24.5 Å². The van der Waals surface area contributed by atoms with Gasteiger partial charge in [0.15, 0.2) is 10.5 Å². The van der Waals surface area contributed by atoms with E-state index in [2.05, 4.69) is 10.1 Å². The summed E-state index contributed by atoms with van der Waals surface area (Å²) < 4.78 is 27.2. The molecule has 22 heavy (non-hydrogen) atoms. The van der Waals surface area contributed by atoms with Crippen molar-refractivity contribution < 1.29 is 8.42 Å². The minimum Gasteiger partial charge on any atom is -0.396 e. The fourth-order valence-electron chi connectivity index (χ4n) is 2.03. The number of nitrogens with two attached hydrogens (primary N) is 1. The van der Waals surface area contributed by atoms with E-state index in [1.54, 1.807) is 18.4 Å². The van der Waals surface area contributed by atoms with Crippen molar-refractivity contribution >= 4 is 44.5 Å². The summed E-state index contributed by atoms with van der Waals surface area (Å²) in [4.78, 5) is 4.27. The predicted octanol–water partition coefficient (Wildman–Crippen LogP) is 2.52. The number of halogens is 1. The fraction of sp³-hybridized carbons (Fsp3) is 0.0769. The lowest BCUT2D eigenvalue weighted by atomic mass is 10.4. The van der Waals surface area contributed by atoms with E-state index >= 15 is 0 Å². The number of sulfone groups is 1. The fourth-order valence-corrected chi connectivity index (χ4v) is 4.74. The molecule has 0 aliphatic rings. The van der Waals surface area contributed by atoms with Crippen LogP contribution in [0.25, 0.3) is 5.65 Å². The molecule has 9 heteroatoms. The van der Waals surface area contributed by atoms with E-state index in [1.807, 2.05) is 0 Å². The molecule has 0 bridgehead atoms. The molecule has 1 aromatic carbocycles. The highest BCUT2D eigenvalue weighted by molar-refractivity contribution is 7.99. The van der Waals surface area contributed by atoms with Gasteiger partial charge in [-0.25, -0.2) is 17.9 Å². The first-order valence-electron chi connectivity index (χ1n) is 6.12. The van der Waals surface area contributed by atoms with Gasteiger partial charge in [-0.1, -0.05) is 17.7 Å². The Morgan fingerprint density at radius 2 is 2.14 bits per heavy atom. The number of rotatable bonds is 3. The molecule has 0 saturated carbocycles. The molecule has 0 spiro atoms. The van der Waals surface area contributed by atoms with Crippen LogP contribution < -0.4 is 5.73 Å². The Morgan fingerprint density at radius 3 is 2.82 bits per heavy atom. The van der Waals surface area contributed by atoms with Crippen LogP contribution in [0, 0.1) is 0 Å². The zero-order valence-electron chi connectivity index (χ0n) is 11.4. The second kappa shape index (κ2) is 5.45. The standard InChI is InChI=1S/C13H11ClN4O2S2/c1-21-13-11(12-16-6-9(15)7-18(12)17-13)22(19,20)10-4-2-3-8(14)5-10/h2-7H,15H2,1H3. The van der Waals surface area contributed by atoms with E-state index in [-0.39, 0.29) is 15.4 Å². The van der Waals surface area contributed by atoms with Crippen LogP contribution in [0.15, 0.2) is 51.5 Å². The highest BCUT2D eigenvalue weighted by atomic mass is 35.5. The first-order chi connectivity index (χ1) is 10.4. The topological polar surface area (TPSA) is 90.3 Å². The van der Waals surface area contributed by atoms with Crippen LogP contribution >= 0.6 is 23.4 Å². The maximum absolute atomic E-state index is 12.9. The lowest BCUT2D eigenvalue weighted by molar-refractivity contribution is 0.594. The molecule has 0 radical (unpaired) electrons. The number of anilines is 1. The molecule has 0 unspecified atom stereocenters. The van der Waals surface area contributed by atoms with Gasteiger partial charge in [0, 0.05) is 5.02 Å². The molecule has 0 aliphatic heterocycles. The third-order valence-corrected chi connectivity index (χ3v) is 5.81. The SMILES string of the molecule is CSc1nn2cc(N)cnc2c1S(=O)(=O)c1cccc(Cl)c1. The third-order valence-electron chi connectivity index (χ3n) is 2.99. The third kappa shape index (κ3) is 2.43. The lowest BCUT2D eigenvalue weighted by Gasteiger charge is -2.04. The van der Waals surface area contributed by atoms with Crippen molar-refractivity contribution in [3.63, 3.8) is 0 Å². The van der Waals surface area contributed by atoms with Crippen molar-refractivity contribution in [3.8, 4) is 0 Å². The molecule has 2 heterocycles. The molecule has 2 N–H and O–H groups in total. The average molecular weight is 355 g/mol. The lowest BCUT2D eigenvalue weighted by Crippen LogP contribution is -2.04. The molecule has 3 aromatic rings. The highest BCUT2D eigenvalue weighted by Crippen LogP contribution is 2.32. The number of hydrogen-bond donors (Lipinski definition) is 1. The second-order valence-electron chi connectivity index (χ2n) is 4.45. The van der Waals surface area contributed by atoms with Crippen molar-refractivity contribution in [2.45, 2.75) is 14.8 Å². The Balaban J connectivity index is 2.33. The first-order valence-corrected chi connectivity index (χ1v) is 9.20. The summed E-state index contributed by atoms with van der Waals surface area (Å²) in [5.41, 5.74) is 6.30. The van der Waals surface area contributed by atoms with Crippen LogP contribution in [0.5, 0.6) is 0 Å². The Morgan fingerprint density at radius 1 is 1.36 bits per heavy atom. The van der Waals surface area contributed by atoms with Gasteiger partial charge in [0.2, 0.25) is 9.84 Å². The number of hydrogen-bond acceptors (Lipinski definition) is 6. The quantitative estimate of drug-likeness (QED) is 0.727. The van der Waals surface area contributed by atoms with Gasteiger partial charge in [-0.3, -0.25) is 0 Å². The van der Waals surface area contributed by atoms with Crippen LogP contribution in [0.1, 0.15) is 0 Å². The van der Waals surface area contributed by atoms with E-state index in [9.17, 15) is 8.42 Å². The minimum atomic E-state index is -3.79. The number of nitrogens with zero attached hydrogens (tertiary/aromatic N) is 3. The summed E-state index contributed by atoms with van der Waals surface area (Å²) >= 11 is 7.13. The van der Waals surface area contributed by atoms with Crippen LogP contribution in [0.4, 0.5) is 5.69 Å². The molecule has 0 fully saturated rings. The van der Waals surface area contributed by atoms with Crippen molar-refractivity contribution in [2.75, 3.05) is 12.0 Å². The Kier molecular flexibility index (Phi) is 3.75. The van der Waals surface area contributed by atoms with Crippen LogP contribution in [-0.2, 0) is 9.84 Å². The van der Waals surface area contributed by atoms with Crippen molar-refractivity contribution in [3.05, 3.63) is 41.7 Å². The molecule has 114 valence electrons. The van der Waals surface area contributed by atoms with Gasteiger partial charge < -0.3 is 5.73 Å². The average Bonchev–Trinajstić information content (AvgIpc) is 2.85. The Labute approximate surface area is 136 Å². The van der Waals surface area contributed by atoms with Gasteiger partial charge in [-0.2, -0.15) is 5.10 Å². The summed E-state index contributed by atoms with van der Waals surface area (Å²) in [5.74, 6) is 0. The predicted molar refractivity (Wildman–Crippen MR) is 86.1 cm³/mol. The van der Waals surface area contributed by atoms with Crippen LogP contribution in [0.3, 0.4) is 0 Å². The van der Waals surface area contributed by atoms with Gasteiger partial charge in [0.25, 0.3) is 0 Å².